The predicted molar refractivity (Wildman–Crippen MR) is 120 cm³/mol. The van der Waals surface area contributed by atoms with E-state index in [1.165, 1.54) is 12.1 Å². The number of carbonyl (C=O) groups is 1. The molecule has 32 heavy (non-hydrogen) atoms. The van der Waals surface area contributed by atoms with Gasteiger partial charge in [-0.1, -0.05) is 23.5 Å². The number of benzene rings is 2. The summed E-state index contributed by atoms with van der Waals surface area (Å²) in [5.41, 5.74) is 1.67. The zero-order valence-corrected chi connectivity index (χ0v) is 17.6. The molecule has 0 fully saturated rings. The molecule has 1 amide bonds. The zero-order chi connectivity index (χ0) is 22.5. The smallest absolute Gasteiger partial charge is 0.268 e. The number of amides is 1. The largest absolute Gasteiger partial charge is 0.497 e. The summed E-state index contributed by atoms with van der Waals surface area (Å²) in [6.07, 6.45) is 3.31. The normalized spacial score (nSPS) is 11.1. The number of carbonyl (C=O) groups excluding carboxylic acids is 1. The van der Waals surface area contributed by atoms with E-state index in [0.29, 0.717) is 16.3 Å². The fourth-order valence-electron chi connectivity index (χ4n) is 2.97. The van der Waals surface area contributed by atoms with Crippen molar-refractivity contribution in [3.63, 3.8) is 0 Å². The number of hydrogen-bond donors (Lipinski definition) is 1. The molecule has 0 saturated carbocycles. The Morgan fingerprint density at radius 3 is 2.66 bits per heavy atom. The first-order chi connectivity index (χ1) is 15.6. The second kappa shape index (κ2) is 9.24. The quantitative estimate of drug-likeness (QED) is 0.343. The first-order valence-electron chi connectivity index (χ1n) is 9.42. The highest BCUT2D eigenvalue weighted by Gasteiger charge is 2.16. The summed E-state index contributed by atoms with van der Waals surface area (Å²) in [4.78, 5) is 12.7. The van der Waals surface area contributed by atoms with E-state index in [9.17, 15) is 14.4 Å². The van der Waals surface area contributed by atoms with Crippen LogP contribution in [0, 0.1) is 17.1 Å². The molecule has 0 aliphatic rings. The number of nitrogens with one attached hydrogen (secondary N) is 1. The van der Waals surface area contributed by atoms with Crippen LogP contribution in [0.3, 0.4) is 0 Å². The predicted octanol–water partition coefficient (Wildman–Crippen LogP) is 4.69. The summed E-state index contributed by atoms with van der Waals surface area (Å²) < 4.78 is 21.0. The lowest BCUT2D eigenvalue weighted by molar-refractivity contribution is -0.112. The lowest BCUT2D eigenvalue weighted by Crippen LogP contribution is -2.13. The molecule has 0 radical (unpaired) electrons. The monoisotopic (exact) mass is 445 g/mol. The summed E-state index contributed by atoms with van der Waals surface area (Å²) in [5.74, 6) is -0.341. The van der Waals surface area contributed by atoms with Crippen molar-refractivity contribution in [3.8, 4) is 28.1 Å². The molecule has 2 heterocycles. The third kappa shape index (κ3) is 4.40. The highest BCUT2D eigenvalue weighted by atomic mass is 32.1. The van der Waals surface area contributed by atoms with Gasteiger partial charge in [-0.05, 0) is 54.6 Å². The third-order valence-corrected chi connectivity index (χ3v) is 5.41. The molecule has 1 N–H and O–H groups in total. The van der Waals surface area contributed by atoms with E-state index in [1.807, 2.05) is 47.2 Å². The minimum atomic E-state index is -0.633. The Bertz CT molecular complexity index is 1330. The number of nitriles is 1. The maximum Gasteiger partial charge on any atom is 0.268 e. The average molecular weight is 445 g/mol. The molecule has 2 aromatic carbocycles. The Labute approximate surface area is 187 Å². The van der Waals surface area contributed by atoms with Crippen molar-refractivity contribution in [1.82, 2.24) is 14.8 Å². The Hall–Kier alpha value is -4.29. The maximum atomic E-state index is 14.0. The van der Waals surface area contributed by atoms with Gasteiger partial charge in [-0.2, -0.15) is 5.26 Å². The third-order valence-electron chi connectivity index (χ3n) is 4.54. The van der Waals surface area contributed by atoms with Gasteiger partial charge in [-0.15, -0.1) is 10.2 Å². The lowest BCUT2D eigenvalue weighted by atomic mass is 10.2. The number of halogens is 1. The minimum Gasteiger partial charge on any atom is -0.497 e. The molecular formula is C23H16FN5O2S. The number of rotatable bonds is 6. The fraction of sp³-hybridized carbons (Fsp3) is 0.0435. The number of methoxy groups -OCH3 is 1. The van der Waals surface area contributed by atoms with Crippen LogP contribution in [0.15, 0.2) is 72.4 Å². The number of hydrogen-bond acceptors (Lipinski definition) is 6. The Morgan fingerprint density at radius 1 is 1.16 bits per heavy atom. The molecule has 2 aromatic heterocycles. The van der Waals surface area contributed by atoms with Crippen LogP contribution in [-0.4, -0.2) is 27.8 Å². The molecule has 0 aliphatic carbocycles. The minimum absolute atomic E-state index is 0.110. The van der Waals surface area contributed by atoms with E-state index in [-0.39, 0.29) is 10.7 Å². The second-order valence-corrected chi connectivity index (χ2v) is 7.49. The van der Waals surface area contributed by atoms with E-state index < -0.39 is 11.7 Å². The summed E-state index contributed by atoms with van der Waals surface area (Å²) in [6, 6.07) is 19.1. The highest BCUT2D eigenvalue weighted by Crippen LogP contribution is 2.28. The maximum absolute atomic E-state index is 14.0. The molecule has 0 atom stereocenters. The molecule has 0 bridgehead atoms. The van der Waals surface area contributed by atoms with E-state index in [2.05, 4.69) is 15.5 Å². The molecular weight excluding hydrogens is 429 g/mol. The Kier molecular flexibility index (Phi) is 6.05. The zero-order valence-electron chi connectivity index (χ0n) is 16.8. The van der Waals surface area contributed by atoms with E-state index in [4.69, 9.17) is 4.74 Å². The Balaban J connectivity index is 1.55. The van der Waals surface area contributed by atoms with Gasteiger partial charge in [0.05, 0.1) is 7.11 Å². The van der Waals surface area contributed by atoms with Gasteiger partial charge < -0.3 is 9.30 Å². The molecule has 0 saturated heterocycles. The number of nitrogens with zero attached hydrogens (tertiary/aromatic N) is 4. The first kappa shape index (κ1) is 21.0. The van der Waals surface area contributed by atoms with Crippen LogP contribution in [0.4, 0.5) is 9.52 Å². The van der Waals surface area contributed by atoms with Gasteiger partial charge in [0.15, 0.2) is 5.01 Å². The van der Waals surface area contributed by atoms with Gasteiger partial charge >= 0.3 is 0 Å². The summed E-state index contributed by atoms with van der Waals surface area (Å²) in [6.45, 7) is 0. The van der Waals surface area contributed by atoms with Crippen LogP contribution < -0.4 is 10.1 Å². The standard InChI is InChI=1S/C23H16FN5O2S/c1-31-18-10-8-16(9-11-18)29-12-4-5-17(29)13-15(14-25)21(30)26-23-28-27-22(32-23)19-6-2-3-7-20(19)24/h2-13H,1H3,(H,26,28,30). The number of aromatic nitrogens is 3. The van der Waals surface area contributed by atoms with Crippen LogP contribution in [-0.2, 0) is 4.79 Å². The van der Waals surface area contributed by atoms with Crippen LogP contribution in [0.5, 0.6) is 5.75 Å². The lowest BCUT2D eigenvalue weighted by Gasteiger charge is -2.08. The molecule has 4 aromatic rings. The van der Waals surface area contributed by atoms with E-state index in [1.54, 1.807) is 31.4 Å². The SMILES string of the molecule is COc1ccc(-n2cccc2C=C(C#N)C(=O)Nc2nnc(-c3ccccc3F)s2)cc1. The summed E-state index contributed by atoms with van der Waals surface area (Å²) in [7, 11) is 1.59. The van der Waals surface area contributed by atoms with Gasteiger partial charge in [0.25, 0.3) is 5.91 Å². The van der Waals surface area contributed by atoms with Crippen LogP contribution in [0.1, 0.15) is 5.69 Å². The van der Waals surface area contributed by atoms with Crippen LogP contribution in [0.2, 0.25) is 0 Å². The van der Waals surface area contributed by atoms with Gasteiger partial charge in [-0.25, -0.2) is 4.39 Å². The van der Waals surface area contributed by atoms with Crippen LogP contribution in [0.25, 0.3) is 22.3 Å². The van der Waals surface area contributed by atoms with Crippen molar-refractivity contribution in [2.75, 3.05) is 12.4 Å². The van der Waals surface area contributed by atoms with Crippen molar-refractivity contribution in [2.24, 2.45) is 0 Å². The van der Waals surface area contributed by atoms with E-state index >= 15 is 0 Å². The van der Waals surface area contributed by atoms with Crippen molar-refractivity contribution in [1.29, 1.82) is 5.26 Å². The molecule has 0 spiro atoms. The van der Waals surface area contributed by atoms with Gasteiger partial charge in [0.2, 0.25) is 5.13 Å². The summed E-state index contributed by atoms with van der Waals surface area (Å²) in [5, 5.41) is 20.4. The van der Waals surface area contributed by atoms with Crippen molar-refractivity contribution in [3.05, 3.63) is 83.9 Å². The second-order valence-electron chi connectivity index (χ2n) is 6.52. The first-order valence-corrected chi connectivity index (χ1v) is 10.2. The molecule has 0 aliphatic heterocycles. The van der Waals surface area contributed by atoms with Gasteiger partial charge in [0, 0.05) is 23.1 Å². The topological polar surface area (TPSA) is 92.8 Å². The molecule has 158 valence electrons. The molecule has 0 unspecified atom stereocenters. The fourth-order valence-corrected chi connectivity index (χ4v) is 3.73. The van der Waals surface area contributed by atoms with Gasteiger partial charge in [0.1, 0.15) is 23.2 Å². The van der Waals surface area contributed by atoms with Crippen molar-refractivity contribution < 1.29 is 13.9 Å². The molecule has 4 rings (SSSR count). The Morgan fingerprint density at radius 2 is 1.94 bits per heavy atom. The van der Waals surface area contributed by atoms with Crippen molar-refractivity contribution >= 4 is 28.5 Å². The number of anilines is 1. The average Bonchev–Trinajstić information content (AvgIpc) is 3.47. The summed E-state index contributed by atoms with van der Waals surface area (Å²) >= 11 is 1.02. The number of ether oxygens (including phenoxy) is 1. The van der Waals surface area contributed by atoms with E-state index in [0.717, 1.165) is 22.8 Å². The van der Waals surface area contributed by atoms with Crippen molar-refractivity contribution in [2.45, 2.75) is 0 Å². The van der Waals surface area contributed by atoms with Gasteiger partial charge in [-0.3, -0.25) is 10.1 Å². The molecule has 9 heteroatoms. The highest BCUT2D eigenvalue weighted by molar-refractivity contribution is 7.18. The van der Waals surface area contributed by atoms with Crippen LogP contribution >= 0.6 is 11.3 Å². The molecule has 7 nitrogen and oxygen atoms in total.